The van der Waals surface area contributed by atoms with Gasteiger partial charge in [-0.25, -0.2) is 0 Å². The van der Waals surface area contributed by atoms with Crippen LogP contribution in [0.25, 0.3) is 0 Å². The number of allylic oxidation sites excluding steroid dienone is 2. The third-order valence-electron chi connectivity index (χ3n) is 6.71. The molecule has 0 bridgehead atoms. The molecule has 7 heteroatoms. The number of carbonyl (C=O) groups excluding carboxylic acids is 2. The first-order valence-electron chi connectivity index (χ1n) is 11.7. The number of Topliss-reactive ketones (excluding diaryl/α,β-unsaturated/α-hetero) is 1. The Bertz CT molecular complexity index is 1150. The van der Waals surface area contributed by atoms with E-state index in [1.165, 1.54) is 0 Å². The Kier molecular flexibility index (Phi) is 7.66. The van der Waals surface area contributed by atoms with Crippen LogP contribution in [0.3, 0.4) is 0 Å². The van der Waals surface area contributed by atoms with Crippen molar-refractivity contribution >= 4 is 17.5 Å². The van der Waals surface area contributed by atoms with Crippen molar-refractivity contribution in [3.05, 3.63) is 70.9 Å². The van der Waals surface area contributed by atoms with Crippen LogP contribution in [0.4, 0.5) is 0 Å². The van der Waals surface area contributed by atoms with E-state index in [1.54, 1.807) is 21.3 Å². The predicted molar refractivity (Wildman–Crippen MR) is 132 cm³/mol. The van der Waals surface area contributed by atoms with Crippen LogP contribution >= 0.6 is 0 Å². The van der Waals surface area contributed by atoms with Crippen molar-refractivity contribution in [3.8, 4) is 11.5 Å². The smallest absolute Gasteiger partial charge is 0.315 e. The third kappa shape index (κ3) is 5.15. The number of benzene rings is 2. The highest BCUT2D eigenvalue weighted by atomic mass is 16.6. The lowest BCUT2D eigenvalue weighted by atomic mass is 9.69. The van der Waals surface area contributed by atoms with Crippen LogP contribution in [-0.4, -0.2) is 52.0 Å². The van der Waals surface area contributed by atoms with Gasteiger partial charge in [0, 0.05) is 36.4 Å². The zero-order chi connectivity index (χ0) is 24.9. The Balaban J connectivity index is 1.74. The van der Waals surface area contributed by atoms with Gasteiger partial charge in [0.1, 0.15) is 24.0 Å². The van der Waals surface area contributed by atoms with E-state index in [1.807, 2.05) is 55.5 Å². The van der Waals surface area contributed by atoms with E-state index in [4.69, 9.17) is 23.9 Å². The molecule has 7 nitrogen and oxygen atoms in total. The van der Waals surface area contributed by atoms with Crippen LogP contribution in [0.15, 0.2) is 64.8 Å². The topological polar surface area (TPSA) is 83.4 Å². The second-order valence-electron chi connectivity index (χ2n) is 8.81. The van der Waals surface area contributed by atoms with Crippen molar-refractivity contribution in [2.45, 2.75) is 31.6 Å². The molecular weight excluding hydrogens is 446 g/mol. The van der Waals surface area contributed by atoms with Crippen molar-refractivity contribution in [1.29, 1.82) is 0 Å². The Morgan fingerprint density at radius 1 is 0.943 bits per heavy atom. The number of hydrogen-bond donors (Lipinski definition) is 0. The lowest BCUT2D eigenvalue weighted by molar-refractivity contribution is -0.147. The fourth-order valence-corrected chi connectivity index (χ4v) is 4.99. The van der Waals surface area contributed by atoms with Crippen molar-refractivity contribution in [2.24, 2.45) is 10.9 Å². The molecule has 2 aromatic rings. The van der Waals surface area contributed by atoms with E-state index in [0.717, 1.165) is 22.6 Å². The molecule has 3 atom stereocenters. The van der Waals surface area contributed by atoms with Gasteiger partial charge in [-0.2, -0.15) is 0 Å². The summed E-state index contributed by atoms with van der Waals surface area (Å²) in [6.07, 6.45) is 0.974. The number of ketones is 1. The van der Waals surface area contributed by atoms with Gasteiger partial charge in [0.05, 0.1) is 20.8 Å². The van der Waals surface area contributed by atoms with E-state index in [0.29, 0.717) is 36.5 Å². The number of aliphatic imine (C=N–C) groups is 1. The third-order valence-corrected chi connectivity index (χ3v) is 6.71. The summed E-state index contributed by atoms with van der Waals surface area (Å²) in [6.45, 7) is 2.28. The number of hydrogen-bond acceptors (Lipinski definition) is 7. The number of esters is 1. The molecule has 0 radical (unpaired) electrons. The summed E-state index contributed by atoms with van der Waals surface area (Å²) in [4.78, 5) is 31.7. The second-order valence-corrected chi connectivity index (χ2v) is 8.81. The van der Waals surface area contributed by atoms with Crippen molar-refractivity contribution in [3.63, 3.8) is 0 Å². The maximum atomic E-state index is 13.7. The molecule has 184 valence electrons. The van der Waals surface area contributed by atoms with Crippen LogP contribution in [0.1, 0.15) is 42.7 Å². The van der Waals surface area contributed by atoms with Crippen LogP contribution in [-0.2, 0) is 19.1 Å². The summed E-state index contributed by atoms with van der Waals surface area (Å²) < 4.78 is 21.2. The van der Waals surface area contributed by atoms with Gasteiger partial charge in [-0.05, 0) is 54.7 Å². The van der Waals surface area contributed by atoms with E-state index in [-0.39, 0.29) is 18.3 Å². The fourth-order valence-electron chi connectivity index (χ4n) is 4.99. The largest absolute Gasteiger partial charge is 0.497 e. The minimum atomic E-state index is -0.695. The van der Waals surface area contributed by atoms with E-state index < -0.39 is 17.8 Å². The number of ether oxygens (including phenoxy) is 4. The highest BCUT2D eigenvalue weighted by molar-refractivity contribution is 6.09. The first-order valence-corrected chi connectivity index (χ1v) is 11.7. The van der Waals surface area contributed by atoms with Gasteiger partial charge in [0.15, 0.2) is 5.78 Å². The summed E-state index contributed by atoms with van der Waals surface area (Å²) in [5, 5.41) is 0. The number of nitrogens with zero attached hydrogens (tertiary/aromatic N) is 1. The second kappa shape index (κ2) is 10.9. The number of rotatable bonds is 8. The summed E-state index contributed by atoms with van der Waals surface area (Å²) in [5.41, 5.74) is 3.88. The Labute approximate surface area is 205 Å². The molecule has 0 amide bonds. The molecule has 0 fully saturated rings. The van der Waals surface area contributed by atoms with Crippen molar-refractivity contribution in [1.82, 2.24) is 0 Å². The van der Waals surface area contributed by atoms with E-state index >= 15 is 0 Å². The van der Waals surface area contributed by atoms with Crippen molar-refractivity contribution in [2.75, 3.05) is 34.5 Å². The Hall–Kier alpha value is -3.45. The Morgan fingerprint density at radius 2 is 1.69 bits per heavy atom. The van der Waals surface area contributed by atoms with Crippen LogP contribution in [0.2, 0.25) is 0 Å². The molecule has 0 aromatic heterocycles. The summed E-state index contributed by atoms with van der Waals surface area (Å²) in [7, 11) is 4.78. The fraction of sp³-hybridized carbons (Fsp3) is 0.393. The SMILES string of the molecule is COCCOC(=O)C1C(C)=NC2=C(C(=O)CC(c3ccc(OC)cc3)C2)C1c1cccc(OC)c1. The maximum Gasteiger partial charge on any atom is 0.315 e. The molecule has 0 spiro atoms. The number of carbonyl (C=O) groups is 2. The molecular formula is C28H31NO6. The van der Waals surface area contributed by atoms with Crippen LogP contribution in [0.5, 0.6) is 11.5 Å². The normalized spacial score (nSPS) is 21.8. The van der Waals surface area contributed by atoms with Gasteiger partial charge in [-0.15, -0.1) is 0 Å². The van der Waals surface area contributed by atoms with Gasteiger partial charge in [0.2, 0.25) is 0 Å². The van der Waals surface area contributed by atoms with E-state index in [9.17, 15) is 9.59 Å². The predicted octanol–water partition coefficient (Wildman–Crippen LogP) is 4.47. The molecule has 2 aliphatic rings. The van der Waals surface area contributed by atoms with Gasteiger partial charge >= 0.3 is 5.97 Å². The standard InChI is InChI=1S/C28H31NO6/c1-17-25(28(31)35-13-12-32-2)26(19-6-5-7-22(14-19)34-4)27-23(29-17)15-20(16-24(27)30)18-8-10-21(33-3)11-9-18/h5-11,14,20,25-26H,12-13,15-16H2,1-4H3. The molecule has 4 rings (SSSR count). The van der Waals surface area contributed by atoms with Crippen LogP contribution < -0.4 is 9.47 Å². The molecule has 3 unspecified atom stereocenters. The zero-order valence-corrected chi connectivity index (χ0v) is 20.6. The lowest BCUT2D eigenvalue weighted by Gasteiger charge is -2.36. The highest BCUT2D eigenvalue weighted by Gasteiger charge is 2.44. The summed E-state index contributed by atoms with van der Waals surface area (Å²) in [6, 6.07) is 15.3. The molecule has 35 heavy (non-hydrogen) atoms. The molecule has 1 heterocycles. The van der Waals surface area contributed by atoms with Gasteiger partial charge in [0.25, 0.3) is 0 Å². The number of methoxy groups -OCH3 is 3. The van der Waals surface area contributed by atoms with Crippen molar-refractivity contribution < 1.29 is 28.5 Å². The Morgan fingerprint density at radius 3 is 2.37 bits per heavy atom. The minimum Gasteiger partial charge on any atom is -0.497 e. The van der Waals surface area contributed by atoms with E-state index in [2.05, 4.69) is 0 Å². The lowest BCUT2D eigenvalue weighted by Crippen LogP contribution is -2.38. The van der Waals surface area contributed by atoms with Gasteiger partial charge < -0.3 is 18.9 Å². The quantitative estimate of drug-likeness (QED) is 0.412. The molecule has 1 aliphatic heterocycles. The molecule has 0 saturated carbocycles. The average molecular weight is 478 g/mol. The summed E-state index contributed by atoms with van der Waals surface area (Å²) in [5.74, 6) is -0.138. The molecule has 0 N–H and O–H groups in total. The minimum absolute atomic E-state index is 0.00540. The zero-order valence-electron chi connectivity index (χ0n) is 20.6. The first-order chi connectivity index (χ1) is 17.0. The molecule has 2 aromatic carbocycles. The average Bonchev–Trinajstić information content (AvgIpc) is 2.87. The molecule has 1 aliphatic carbocycles. The first kappa shape index (κ1) is 24.7. The van der Waals surface area contributed by atoms with Gasteiger partial charge in [-0.3, -0.25) is 14.6 Å². The monoisotopic (exact) mass is 477 g/mol. The maximum absolute atomic E-state index is 13.7. The van der Waals surface area contributed by atoms with Gasteiger partial charge in [-0.1, -0.05) is 24.3 Å². The highest BCUT2D eigenvalue weighted by Crippen LogP contribution is 2.47. The molecule has 0 saturated heterocycles. The summed E-state index contributed by atoms with van der Waals surface area (Å²) >= 11 is 0. The van der Waals surface area contributed by atoms with Crippen LogP contribution in [0, 0.1) is 5.92 Å².